The molecule has 0 unspecified atom stereocenters. The Morgan fingerprint density at radius 3 is 2.67 bits per heavy atom. The van der Waals surface area contributed by atoms with Crippen LogP contribution < -0.4 is 0 Å². The van der Waals surface area contributed by atoms with Crippen molar-refractivity contribution in [3.63, 3.8) is 0 Å². The normalized spacial score (nSPS) is 11.5. The number of hydrogen-bond donors (Lipinski definition) is 0. The minimum atomic E-state index is 0.798. The molecule has 0 aliphatic rings. The molecule has 0 atom stereocenters. The predicted molar refractivity (Wildman–Crippen MR) is 71.3 cm³/mol. The van der Waals surface area contributed by atoms with E-state index in [0.29, 0.717) is 0 Å². The molecule has 82 valence electrons. The van der Waals surface area contributed by atoms with Crippen molar-refractivity contribution in [1.29, 1.82) is 0 Å². The van der Waals surface area contributed by atoms with Gasteiger partial charge in [-0.25, -0.2) is 0 Å². The highest BCUT2D eigenvalue weighted by Crippen LogP contribution is 2.25. The van der Waals surface area contributed by atoms with E-state index >= 15 is 0 Å². The first-order chi connectivity index (χ1) is 7.24. The Labute approximate surface area is 97.8 Å². The zero-order valence-electron chi connectivity index (χ0n) is 9.86. The van der Waals surface area contributed by atoms with E-state index in [0.717, 1.165) is 5.92 Å². The summed E-state index contributed by atoms with van der Waals surface area (Å²) in [5.74, 6) is 2.01. The van der Waals surface area contributed by atoms with Crippen molar-refractivity contribution < 1.29 is 0 Å². The first-order valence-electron chi connectivity index (χ1n) is 5.58. The Kier molecular flexibility index (Phi) is 5.56. The van der Waals surface area contributed by atoms with Crippen molar-refractivity contribution >= 4 is 17.8 Å². The average Bonchev–Trinajstić information content (AvgIpc) is 2.20. The zero-order valence-corrected chi connectivity index (χ0v) is 10.7. The van der Waals surface area contributed by atoms with Gasteiger partial charge >= 0.3 is 0 Å². The molecule has 0 aliphatic heterocycles. The molecule has 1 aromatic rings. The minimum Gasteiger partial charge on any atom is -0.126 e. The molecule has 0 nitrogen and oxygen atoms in total. The molecular formula is C14H20S. The molecule has 0 radical (unpaired) electrons. The molecule has 0 saturated carbocycles. The first-order valence-corrected chi connectivity index (χ1v) is 6.57. The van der Waals surface area contributed by atoms with Crippen LogP contribution in [0.1, 0.15) is 32.8 Å². The van der Waals surface area contributed by atoms with Gasteiger partial charge < -0.3 is 0 Å². The van der Waals surface area contributed by atoms with E-state index in [1.807, 2.05) is 11.8 Å². The second-order valence-electron chi connectivity index (χ2n) is 4.07. The summed E-state index contributed by atoms with van der Waals surface area (Å²) < 4.78 is 0. The molecule has 0 aliphatic carbocycles. The van der Waals surface area contributed by atoms with E-state index < -0.39 is 0 Å². The maximum absolute atomic E-state index is 2.28. The number of benzene rings is 1. The van der Waals surface area contributed by atoms with E-state index in [1.54, 1.807) is 0 Å². The molecule has 0 fully saturated rings. The Morgan fingerprint density at radius 1 is 1.27 bits per heavy atom. The lowest BCUT2D eigenvalue weighted by Crippen LogP contribution is -1.90. The molecule has 0 bridgehead atoms. The summed E-state index contributed by atoms with van der Waals surface area (Å²) in [5, 5.41) is 0. The zero-order chi connectivity index (χ0) is 11.1. The van der Waals surface area contributed by atoms with Crippen LogP contribution in [0.4, 0.5) is 0 Å². The Hall–Kier alpha value is -0.690. The molecule has 0 heterocycles. The van der Waals surface area contributed by atoms with Crippen LogP contribution in [-0.4, -0.2) is 5.75 Å². The molecule has 0 spiro atoms. The Bertz CT molecular complexity index is 313. The van der Waals surface area contributed by atoms with E-state index in [9.17, 15) is 0 Å². The molecule has 1 heteroatoms. The van der Waals surface area contributed by atoms with Crippen molar-refractivity contribution in [3.8, 4) is 0 Å². The number of hydrogen-bond acceptors (Lipinski definition) is 1. The van der Waals surface area contributed by atoms with Crippen molar-refractivity contribution in [3.05, 3.63) is 35.9 Å². The average molecular weight is 220 g/mol. The standard InChI is InChI=1S/C14H20S/c1-4-7-13-8-5-6-9-14(13)15-11-10-12(2)3/h4-9,12H,10-11H2,1-3H3/b7-4-. The summed E-state index contributed by atoms with van der Waals surface area (Å²) in [6, 6.07) is 8.60. The van der Waals surface area contributed by atoms with Gasteiger partial charge in [-0.3, -0.25) is 0 Å². The maximum atomic E-state index is 2.28. The van der Waals surface area contributed by atoms with Gasteiger partial charge in [-0.05, 0) is 36.6 Å². The summed E-state index contributed by atoms with van der Waals surface area (Å²) in [7, 11) is 0. The van der Waals surface area contributed by atoms with Crippen molar-refractivity contribution in [2.75, 3.05) is 5.75 Å². The number of allylic oxidation sites excluding steroid dienone is 1. The van der Waals surface area contributed by atoms with Gasteiger partial charge in [-0.15, -0.1) is 11.8 Å². The third-order valence-electron chi connectivity index (χ3n) is 2.22. The fourth-order valence-electron chi connectivity index (χ4n) is 1.33. The largest absolute Gasteiger partial charge is 0.126 e. The van der Waals surface area contributed by atoms with Crippen molar-refractivity contribution in [2.45, 2.75) is 32.1 Å². The molecular weight excluding hydrogens is 200 g/mol. The number of thioether (sulfide) groups is 1. The smallest absolute Gasteiger partial charge is 0.0144 e. The second kappa shape index (κ2) is 6.73. The predicted octanol–water partition coefficient (Wildman–Crippen LogP) is 4.86. The highest BCUT2D eigenvalue weighted by Gasteiger charge is 2.00. The SMILES string of the molecule is C/C=C\c1ccccc1SCCC(C)C. The Balaban J connectivity index is 2.59. The molecule has 0 amide bonds. The van der Waals surface area contributed by atoms with Crippen LogP contribution in [0.2, 0.25) is 0 Å². The van der Waals surface area contributed by atoms with E-state index in [4.69, 9.17) is 0 Å². The maximum Gasteiger partial charge on any atom is 0.0144 e. The van der Waals surface area contributed by atoms with Gasteiger partial charge in [0.1, 0.15) is 0 Å². The van der Waals surface area contributed by atoms with Gasteiger partial charge in [0.2, 0.25) is 0 Å². The summed E-state index contributed by atoms with van der Waals surface area (Å²) in [5.41, 5.74) is 1.34. The van der Waals surface area contributed by atoms with Crippen LogP contribution in [0.15, 0.2) is 35.2 Å². The third kappa shape index (κ3) is 4.57. The van der Waals surface area contributed by atoms with Gasteiger partial charge in [-0.2, -0.15) is 0 Å². The van der Waals surface area contributed by atoms with Crippen LogP contribution in [0.25, 0.3) is 6.08 Å². The number of rotatable bonds is 5. The first kappa shape index (κ1) is 12.4. The van der Waals surface area contributed by atoms with Crippen LogP contribution in [-0.2, 0) is 0 Å². The molecule has 1 aromatic carbocycles. The van der Waals surface area contributed by atoms with Gasteiger partial charge in [0, 0.05) is 4.90 Å². The molecule has 0 aromatic heterocycles. The van der Waals surface area contributed by atoms with Gasteiger partial charge in [0.15, 0.2) is 0 Å². The molecule has 0 N–H and O–H groups in total. The van der Waals surface area contributed by atoms with Crippen molar-refractivity contribution in [2.24, 2.45) is 5.92 Å². The summed E-state index contributed by atoms with van der Waals surface area (Å²) >= 11 is 1.96. The summed E-state index contributed by atoms with van der Waals surface area (Å²) in [6.45, 7) is 6.62. The molecule has 1 rings (SSSR count). The summed E-state index contributed by atoms with van der Waals surface area (Å²) in [4.78, 5) is 1.40. The van der Waals surface area contributed by atoms with E-state index in [-0.39, 0.29) is 0 Å². The minimum absolute atomic E-state index is 0.798. The second-order valence-corrected chi connectivity index (χ2v) is 5.21. The Morgan fingerprint density at radius 2 is 2.00 bits per heavy atom. The molecule has 0 saturated heterocycles. The lowest BCUT2D eigenvalue weighted by Gasteiger charge is -2.07. The lowest BCUT2D eigenvalue weighted by atomic mass is 10.2. The van der Waals surface area contributed by atoms with Crippen LogP contribution in [0.3, 0.4) is 0 Å². The monoisotopic (exact) mass is 220 g/mol. The van der Waals surface area contributed by atoms with E-state index in [1.165, 1.54) is 22.6 Å². The quantitative estimate of drug-likeness (QED) is 0.639. The highest BCUT2D eigenvalue weighted by atomic mass is 32.2. The fraction of sp³-hybridized carbons (Fsp3) is 0.429. The van der Waals surface area contributed by atoms with Crippen LogP contribution >= 0.6 is 11.8 Å². The summed E-state index contributed by atoms with van der Waals surface area (Å²) in [6.07, 6.45) is 5.56. The van der Waals surface area contributed by atoms with Crippen molar-refractivity contribution in [1.82, 2.24) is 0 Å². The van der Waals surface area contributed by atoms with Crippen LogP contribution in [0, 0.1) is 5.92 Å². The fourth-order valence-corrected chi connectivity index (χ4v) is 2.62. The third-order valence-corrected chi connectivity index (χ3v) is 3.34. The topological polar surface area (TPSA) is 0 Å². The van der Waals surface area contributed by atoms with Gasteiger partial charge in [0.25, 0.3) is 0 Å². The van der Waals surface area contributed by atoms with Gasteiger partial charge in [-0.1, -0.05) is 44.2 Å². The lowest BCUT2D eigenvalue weighted by molar-refractivity contribution is 0.632. The van der Waals surface area contributed by atoms with Crippen LogP contribution in [0.5, 0.6) is 0 Å². The highest BCUT2D eigenvalue weighted by molar-refractivity contribution is 7.99. The van der Waals surface area contributed by atoms with E-state index in [2.05, 4.69) is 57.2 Å². The van der Waals surface area contributed by atoms with Gasteiger partial charge in [0.05, 0.1) is 0 Å². The molecule has 15 heavy (non-hydrogen) atoms.